The lowest BCUT2D eigenvalue weighted by molar-refractivity contribution is -0.199. The van der Waals surface area contributed by atoms with Crippen molar-refractivity contribution in [2.24, 2.45) is 10.8 Å². The molecule has 15 heteroatoms. The number of carbonyl (C=O) groups excluding carboxylic acids is 5. The number of imide groups is 2. The molecule has 2 N–H and O–H groups in total. The Morgan fingerprint density at radius 2 is 1.44 bits per heavy atom. The highest BCUT2D eigenvalue weighted by Gasteiger charge is 2.67. The van der Waals surface area contributed by atoms with Crippen molar-refractivity contribution in [3.05, 3.63) is 87.4 Å². The van der Waals surface area contributed by atoms with Gasteiger partial charge in [0, 0.05) is 98.7 Å². The van der Waals surface area contributed by atoms with Crippen LogP contribution in [0.25, 0.3) is 0 Å². The Balaban J connectivity index is 0.780. The van der Waals surface area contributed by atoms with Crippen LogP contribution >= 0.6 is 11.6 Å². The molecule has 6 aliphatic rings. The van der Waals surface area contributed by atoms with Gasteiger partial charge in [-0.3, -0.25) is 39.1 Å². The molecular weight excluding hydrogens is 798 g/mol. The Labute approximate surface area is 359 Å². The van der Waals surface area contributed by atoms with Crippen molar-refractivity contribution in [2.75, 3.05) is 55.6 Å². The average Bonchev–Trinajstić information content (AvgIpc) is 3.67. The predicted molar refractivity (Wildman–Crippen MR) is 226 cm³/mol. The number of amides is 5. The average molecular weight is 848 g/mol. The number of halogens is 1. The maximum Gasteiger partial charge on any atom is 0.262 e. The monoisotopic (exact) mass is 847 g/mol. The molecule has 1 unspecified atom stereocenters. The zero-order chi connectivity index (χ0) is 43.2. The first kappa shape index (κ1) is 40.9. The summed E-state index contributed by atoms with van der Waals surface area (Å²) in [7, 11) is 0. The van der Waals surface area contributed by atoms with Crippen LogP contribution in [0, 0.1) is 22.2 Å². The van der Waals surface area contributed by atoms with Gasteiger partial charge < -0.3 is 24.5 Å². The molecule has 3 saturated heterocycles. The molecule has 3 aromatic rings. The number of aliphatic hydroxyl groups is 1. The van der Waals surface area contributed by atoms with Crippen LogP contribution < -0.4 is 19.9 Å². The molecule has 1 saturated carbocycles. The van der Waals surface area contributed by atoms with Gasteiger partial charge in [0.15, 0.2) is 0 Å². The molecule has 61 heavy (non-hydrogen) atoms. The molecule has 318 valence electrons. The number of benzene rings is 3. The van der Waals surface area contributed by atoms with Crippen LogP contribution in [-0.4, -0.2) is 119 Å². The second-order valence-electron chi connectivity index (χ2n) is 18.7. The van der Waals surface area contributed by atoms with E-state index in [1.54, 1.807) is 30.3 Å². The van der Waals surface area contributed by atoms with Crippen molar-refractivity contribution >= 4 is 52.5 Å². The van der Waals surface area contributed by atoms with E-state index in [0.29, 0.717) is 55.4 Å². The Morgan fingerprint density at radius 3 is 2.10 bits per heavy atom. The number of β-amino-alcohol motifs (C(OH)–C–C–N with tert-alkyl or cyclic N) is 1. The van der Waals surface area contributed by atoms with Gasteiger partial charge in [0.25, 0.3) is 17.7 Å². The van der Waals surface area contributed by atoms with Crippen molar-refractivity contribution in [1.29, 1.82) is 5.26 Å². The van der Waals surface area contributed by atoms with Crippen molar-refractivity contribution in [3.8, 4) is 11.8 Å². The van der Waals surface area contributed by atoms with Crippen LogP contribution in [-0.2, 0) is 16.1 Å². The van der Waals surface area contributed by atoms with Gasteiger partial charge in [0.05, 0.1) is 27.3 Å². The lowest BCUT2D eigenvalue weighted by atomic mass is 9.49. The summed E-state index contributed by atoms with van der Waals surface area (Å²) in [5, 5.41) is 23.6. The number of carbonyl (C=O) groups is 5. The lowest BCUT2D eigenvalue weighted by Crippen LogP contribution is -2.74. The van der Waals surface area contributed by atoms with E-state index in [-0.39, 0.29) is 52.9 Å². The van der Waals surface area contributed by atoms with Crippen LogP contribution in [0.1, 0.15) is 95.6 Å². The number of piperazine rings is 1. The lowest BCUT2D eigenvalue weighted by Gasteiger charge is -2.65. The Kier molecular flexibility index (Phi) is 9.96. The third-order valence-corrected chi connectivity index (χ3v) is 14.4. The highest BCUT2D eigenvalue weighted by molar-refractivity contribution is 6.31. The summed E-state index contributed by atoms with van der Waals surface area (Å²) >= 11 is 6.30. The number of rotatable bonds is 8. The van der Waals surface area contributed by atoms with Crippen LogP contribution in [0.2, 0.25) is 5.02 Å². The van der Waals surface area contributed by atoms with Gasteiger partial charge in [0.2, 0.25) is 11.8 Å². The summed E-state index contributed by atoms with van der Waals surface area (Å²) in [6, 6.07) is 17.4. The van der Waals surface area contributed by atoms with Gasteiger partial charge in [-0.25, -0.2) is 0 Å². The number of hydrogen-bond donors (Lipinski definition) is 2. The second-order valence-corrected chi connectivity index (χ2v) is 19.1. The number of nitrogens with zero attached hydrogens (tertiary/aromatic N) is 6. The molecule has 1 aliphatic carbocycles. The highest BCUT2D eigenvalue weighted by atomic mass is 35.5. The normalized spacial score (nSPS) is 25.5. The minimum atomic E-state index is -1.01. The smallest absolute Gasteiger partial charge is 0.262 e. The van der Waals surface area contributed by atoms with E-state index in [9.17, 15) is 34.3 Å². The summed E-state index contributed by atoms with van der Waals surface area (Å²) in [6.45, 7) is 14.0. The zero-order valence-corrected chi connectivity index (χ0v) is 35.6. The molecule has 5 amide bonds. The minimum Gasteiger partial charge on any atom is -0.489 e. The Morgan fingerprint density at radius 1 is 0.803 bits per heavy atom. The van der Waals surface area contributed by atoms with E-state index in [2.05, 4.69) is 59.8 Å². The van der Waals surface area contributed by atoms with E-state index in [4.69, 9.17) is 16.3 Å². The van der Waals surface area contributed by atoms with E-state index < -0.39 is 35.3 Å². The maximum absolute atomic E-state index is 13.9. The summed E-state index contributed by atoms with van der Waals surface area (Å²) in [5.74, 6) is -1.47. The predicted octanol–water partition coefficient (Wildman–Crippen LogP) is 4.60. The number of anilines is 2. The molecule has 3 aromatic carbocycles. The number of nitriles is 1. The van der Waals surface area contributed by atoms with Crippen molar-refractivity contribution in [3.63, 3.8) is 0 Å². The fourth-order valence-corrected chi connectivity index (χ4v) is 11.5. The third kappa shape index (κ3) is 6.91. The molecule has 0 radical (unpaired) electrons. The first-order valence-corrected chi connectivity index (χ1v) is 21.5. The van der Waals surface area contributed by atoms with E-state index >= 15 is 0 Å². The van der Waals surface area contributed by atoms with Crippen LogP contribution in [0.4, 0.5) is 11.4 Å². The second kappa shape index (κ2) is 14.9. The quantitative estimate of drug-likeness (QED) is 0.304. The van der Waals surface area contributed by atoms with Crippen LogP contribution in [0.15, 0.2) is 54.6 Å². The third-order valence-electron chi connectivity index (χ3n) is 14.0. The van der Waals surface area contributed by atoms with Crippen molar-refractivity contribution < 1.29 is 33.8 Å². The van der Waals surface area contributed by atoms with Gasteiger partial charge in [-0.1, -0.05) is 39.3 Å². The van der Waals surface area contributed by atoms with Gasteiger partial charge in [-0.15, -0.1) is 0 Å². The van der Waals surface area contributed by atoms with E-state index in [1.807, 2.05) is 23.1 Å². The maximum atomic E-state index is 13.9. The first-order chi connectivity index (χ1) is 29.0. The summed E-state index contributed by atoms with van der Waals surface area (Å²) in [4.78, 5) is 74.4. The van der Waals surface area contributed by atoms with Gasteiger partial charge in [-0.2, -0.15) is 5.26 Å². The first-order valence-electron chi connectivity index (χ1n) is 21.1. The molecule has 0 bridgehead atoms. The van der Waals surface area contributed by atoms with Crippen molar-refractivity contribution in [1.82, 2.24) is 20.0 Å². The van der Waals surface area contributed by atoms with Crippen molar-refractivity contribution in [2.45, 2.75) is 83.7 Å². The van der Waals surface area contributed by atoms with Gasteiger partial charge in [-0.05, 0) is 73.4 Å². The largest absolute Gasteiger partial charge is 0.489 e. The van der Waals surface area contributed by atoms with E-state index in [1.165, 1.54) is 0 Å². The molecule has 0 spiro atoms. The molecule has 14 nitrogen and oxygen atoms in total. The fourth-order valence-electron chi connectivity index (χ4n) is 11.3. The molecule has 5 aliphatic heterocycles. The molecule has 9 rings (SSSR count). The van der Waals surface area contributed by atoms with Gasteiger partial charge in [0.1, 0.15) is 24.0 Å². The number of hydrogen-bond acceptors (Lipinski definition) is 11. The van der Waals surface area contributed by atoms with E-state index in [0.717, 1.165) is 53.6 Å². The summed E-state index contributed by atoms with van der Waals surface area (Å²) in [6.07, 6.45) is 1.07. The zero-order valence-electron chi connectivity index (χ0n) is 34.9. The number of nitrogens with one attached hydrogen (secondary N) is 1. The fraction of sp³-hybridized carbons (Fsp3) is 0.478. The summed E-state index contributed by atoms with van der Waals surface area (Å²) in [5.41, 5.74) is 2.93. The molecule has 4 fully saturated rings. The molecule has 5 heterocycles. The van der Waals surface area contributed by atoms with Crippen LogP contribution in [0.5, 0.6) is 5.75 Å². The Hall–Kier alpha value is -5.49. The van der Waals surface area contributed by atoms with Crippen LogP contribution in [0.3, 0.4) is 0 Å². The Bertz CT molecular complexity index is 2400. The molecular formula is C46H50ClN7O7. The van der Waals surface area contributed by atoms with Gasteiger partial charge >= 0.3 is 0 Å². The topological polar surface area (TPSA) is 167 Å². The minimum absolute atomic E-state index is 0.0351. The molecule has 0 aromatic heterocycles. The number of fused-ring (bicyclic) bond motifs is 2. The number of ether oxygens (including phenoxy) is 1. The highest BCUT2D eigenvalue weighted by Crippen LogP contribution is 2.59. The SMILES string of the molecule is CC1(C)C(Oc2ccc(C#N)c(Cl)c2)C(C)(C)C1N1Cc2cc(N3CCN(CC4(O)CCN(c5ccc6c(c5)C(=O)N(C5CCC(=O)NC5=O)C6=O)CC4)CC3)ccc2C1=O. The number of piperidine rings is 2. The summed E-state index contributed by atoms with van der Waals surface area (Å²) < 4.78 is 6.49. The molecule has 1 atom stereocenters. The standard InChI is InChI=1S/C46H50ClN7O7/c1-44(2)42(45(3,4)43(44)61-31-8-5-27(24-48)35(47)23-31)53-25-28-21-29(6-9-32(28)39(53)57)52-19-17-50(18-20-52)26-46(60)13-15-51(16-14-46)30-7-10-33-34(22-30)41(59)54(40(33)58)36-11-12-37(55)49-38(36)56/h5-10,21-23,36,42-43,60H,11-20,25-26H2,1-4H3,(H,49,55,56).